The highest BCUT2D eigenvalue weighted by atomic mass is 79.9. The Labute approximate surface area is 109 Å². The Balaban J connectivity index is 2.02. The summed E-state index contributed by atoms with van der Waals surface area (Å²) in [5, 5.41) is 0. The molecule has 2 N–H and O–H groups in total. The summed E-state index contributed by atoms with van der Waals surface area (Å²) >= 11 is 3.40. The van der Waals surface area contributed by atoms with Gasteiger partial charge in [0.05, 0.1) is 5.69 Å². The van der Waals surface area contributed by atoms with Gasteiger partial charge in [-0.15, -0.1) is 0 Å². The third-order valence-corrected chi connectivity index (χ3v) is 3.20. The van der Waals surface area contributed by atoms with Gasteiger partial charge in [0.1, 0.15) is 6.61 Å². The molecule has 0 aliphatic carbocycles. The van der Waals surface area contributed by atoms with E-state index in [2.05, 4.69) is 20.9 Å². The van der Waals surface area contributed by atoms with E-state index in [1.165, 1.54) is 0 Å². The van der Waals surface area contributed by atoms with Crippen LogP contribution in [-0.4, -0.2) is 4.98 Å². The first-order valence-electron chi connectivity index (χ1n) is 5.25. The zero-order valence-electron chi connectivity index (χ0n) is 9.48. The number of nitrogens with zero attached hydrogens (tertiary/aromatic N) is 1. The van der Waals surface area contributed by atoms with Crippen LogP contribution in [0.5, 0.6) is 5.88 Å². The number of ether oxygens (including phenoxy) is 1. The van der Waals surface area contributed by atoms with Gasteiger partial charge in [-0.2, -0.15) is 0 Å². The van der Waals surface area contributed by atoms with Gasteiger partial charge in [-0.25, -0.2) is 4.98 Å². The molecule has 0 saturated heterocycles. The summed E-state index contributed by atoms with van der Waals surface area (Å²) in [7, 11) is 0. The molecule has 17 heavy (non-hydrogen) atoms. The zero-order chi connectivity index (χ0) is 12.3. The average molecular weight is 293 g/mol. The molecule has 0 amide bonds. The molecule has 88 valence electrons. The number of hydrogen-bond acceptors (Lipinski definition) is 3. The lowest BCUT2D eigenvalue weighted by molar-refractivity contribution is 0.293. The van der Waals surface area contributed by atoms with Gasteiger partial charge in [0.15, 0.2) is 0 Å². The number of anilines is 1. The molecule has 0 radical (unpaired) electrons. The van der Waals surface area contributed by atoms with Gasteiger partial charge in [-0.3, -0.25) is 0 Å². The van der Waals surface area contributed by atoms with E-state index >= 15 is 0 Å². The highest BCUT2D eigenvalue weighted by Gasteiger charge is 2.00. The van der Waals surface area contributed by atoms with Crippen LogP contribution in [0, 0.1) is 6.92 Å². The third-order valence-electron chi connectivity index (χ3n) is 2.36. The van der Waals surface area contributed by atoms with Crippen LogP contribution in [0.2, 0.25) is 0 Å². The second-order valence-corrected chi connectivity index (χ2v) is 4.60. The molecule has 0 aliphatic heterocycles. The lowest BCUT2D eigenvalue weighted by Gasteiger charge is -2.07. The van der Waals surface area contributed by atoms with E-state index in [1.807, 2.05) is 43.3 Å². The molecule has 0 atom stereocenters. The number of rotatable bonds is 3. The van der Waals surface area contributed by atoms with Gasteiger partial charge in [-0.05, 0) is 46.6 Å². The van der Waals surface area contributed by atoms with E-state index in [0.29, 0.717) is 12.5 Å². The molecule has 0 bridgehead atoms. The number of aromatic nitrogens is 1. The molecule has 2 rings (SSSR count). The van der Waals surface area contributed by atoms with Crippen molar-refractivity contribution < 1.29 is 4.74 Å². The van der Waals surface area contributed by atoms with Crippen molar-refractivity contribution in [1.82, 2.24) is 4.98 Å². The maximum absolute atomic E-state index is 5.61. The van der Waals surface area contributed by atoms with Crippen LogP contribution in [-0.2, 0) is 6.61 Å². The van der Waals surface area contributed by atoms with Crippen molar-refractivity contribution >= 4 is 21.6 Å². The SMILES string of the molecule is Cc1nc(OCc2ccc(N)cc2)ccc1Br. The van der Waals surface area contributed by atoms with Crippen molar-refractivity contribution in [2.45, 2.75) is 13.5 Å². The lowest BCUT2D eigenvalue weighted by Crippen LogP contribution is -1.98. The quantitative estimate of drug-likeness (QED) is 0.883. The Morgan fingerprint density at radius 3 is 2.53 bits per heavy atom. The first-order valence-corrected chi connectivity index (χ1v) is 6.05. The van der Waals surface area contributed by atoms with Crippen LogP contribution in [0.25, 0.3) is 0 Å². The Hall–Kier alpha value is -1.55. The van der Waals surface area contributed by atoms with Crippen LogP contribution in [0.3, 0.4) is 0 Å². The minimum absolute atomic E-state index is 0.494. The van der Waals surface area contributed by atoms with E-state index < -0.39 is 0 Å². The molecule has 0 spiro atoms. The van der Waals surface area contributed by atoms with Crippen molar-refractivity contribution in [3.05, 3.63) is 52.1 Å². The molecule has 3 nitrogen and oxygen atoms in total. The molecule has 4 heteroatoms. The number of hydrogen-bond donors (Lipinski definition) is 1. The Bertz CT molecular complexity index is 511. The molecule has 0 fully saturated rings. The number of pyridine rings is 1. The van der Waals surface area contributed by atoms with E-state index in [4.69, 9.17) is 10.5 Å². The summed E-state index contributed by atoms with van der Waals surface area (Å²) in [5.41, 5.74) is 8.36. The van der Waals surface area contributed by atoms with E-state index in [9.17, 15) is 0 Å². The molecular formula is C13H13BrN2O. The molecule has 1 heterocycles. The van der Waals surface area contributed by atoms with E-state index in [-0.39, 0.29) is 0 Å². The van der Waals surface area contributed by atoms with Crippen molar-refractivity contribution in [3.63, 3.8) is 0 Å². The number of halogens is 1. The number of nitrogen functional groups attached to an aromatic ring is 1. The maximum atomic E-state index is 5.61. The minimum Gasteiger partial charge on any atom is -0.473 e. The van der Waals surface area contributed by atoms with E-state index in [0.717, 1.165) is 21.4 Å². The fraction of sp³-hybridized carbons (Fsp3) is 0.154. The number of benzene rings is 1. The molecule has 0 aliphatic rings. The van der Waals surface area contributed by atoms with Crippen LogP contribution >= 0.6 is 15.9 Å². The van der Waals surface area contributed by atoms with Gasteiger partial charge >= 0.3 is 0 Å². The molecule has 0 saturated carbocycles. The fourth-order valence-corrected chi connectivity index (χ4v) is 1.59. The Morgan fingerprint density at radius 1 is 1.18 bits per heavy atom. The van der Waals surface area contributed by atoms with Crippen LogP contribution in [0.15, 0.2) is 40.9 Å². The highest BCUT2D eigenvalue weighted by molar-refractivity contribution is 9.10. The van der Waals surface area contributed by atoms with Gasteiger partial charge in [-0.1, -0.05) is 12.1 Å². The number of aryl methyl sites for hydroxylation is 1. The standard InChI is InChI=1S/C13H13BrN2O/c1-9-12(14)6-7-13(16-9)17-8-10-2-4-11(15)5-3-10/h2-7H,8,15H2,1H3. The van der Waals surface area contributed by atoms with Gasteiger partial charge in [0.2, 0.25) is 5.88 Å². The van der Waals surface area contributed by atoms with Crippen molar-refractivity contribution in [3.8, 4) is 5.88 Å². The van der Waals surface area contributed by atoms with Gasteiger partial charge < -0.3 is 10.5 Å². The van der Waals surface area contributed by atoms with Crippen LogP contribution in [0.1, 0.15) is 11.3 Å². The zero-order valence-corrected chi connectivity index (χ0v) is 11.1. The summed E-state index contributed by atoms with van der Waals surface area (Å²) in [5.74, 6) is 0.627. The molecule has 2 aromatic rings. The fourth-order valence-electron chi connectivity index (χ4n) is 1.37. The Morgan fingerprint density at radius 2 is 1.88 bits per heavy atom. The molecule has 1 aromatic carbocycles. The van der Waals surface area contributed by atoms with E-state index in [1.54, 1.807) is 0 Å². The topological polar surface area (TPSA) is 48.1 Å². The van der Waals surface area contributed by atoms with Crippen molar-refractivity contribution in [2.75, 3.05) is 5.73 Å². The second-order valence-electron chi connectivity index (χ2n) is 3.75. The molecular weight excluding hydrogens is 280 g/mol. The second kappa shape index (κ2) is 5.19. The minimum atomic E-state index is 0.494. The maximum Gasteiger partial charge on any atom is 0.213 e. The van der Waals surface area contributed by atoms with Crippen molar-refractivity contribution in [1.29, 1.82) is 0 Å². The van der Waals surface area contributed by atoms with Crippen LogP contribution < -0.4 is 10.5 Å². The summed E-state index contributed by atoms with van der Waals surface area (Å²) in [6.07, 6.45) is 0. The van der Waals surface area contributed by atoms with Gasteiger partial charge in [0.25, 0.3) is 0 Å². The Kier molecular flexibility index (Phi) is 3.64. The molecule has 0 unspecified atom stereocenters. The largest absolute Gasteiger partial charge is 0.473 e. The summed E-state index contributed by atoms with van der Waals surface area (Å²) in [6, 6.07) is 11.4. The lowest BCUT2D eigenvalue weighted by atomic mass is 10.2. The highest BCUT2D eigenvalue weighted by Crippen LogP contribution is 2.18. The van der Waals surface area contributed by atoms with Crippen molar-refractivity contribution in [2.24, 2.45) is 0 Å². The predicted molar refractivity (Wildman–Crippen MR) is 71.9 cm³/mol. The van der Waals surface area contributed by atoms with Gasteiger partial charge in [0, 0.05) is 16.2 Å². The normalized spacial score (nSPS) is 10.2. The summed E-state index contributed by atoms with van der Waals surface area (Å²) < 4.78 is 6.58. The first-order chi connectivity index (χ1) is 8.15. The van der Waals surface area contributed by atoms with Crippen LogP contribution in [0.4, 0.5) is 5.69 Å². The first kappa shape index (κ1) is 11.9. The summed E-state index contributed by atoms with van der Waals surface area (Å²) in [4.78, 5) is 4.31. The number of nitrogens with two attached hydrogens (primary N) is 1. The molecule has 1 aromatic heterocycles. The summed E-state index contributed by atoms with van der Waals surface area (Å²) in [6.45, 7) is 2.43. The predicted octanol–water partition coefficient (Wildman–Crippen LogP) is 3.31. The third kappa shape index (κ3) is 3.20. The monoisotopic (exact) mass is 292 g/mol. The smallest absolute Gasteiger partial charge is 0.213 e. The average Bonchev–Trinajstić information content (AvgIpc) is 2.33.